The molecule has 3 aromatic rings. The lowest BCUT2D eigenvalue weighted by Crippen LogP contribution is -2.10. The van der Waals surface area contributed by atoms with Gasteiger partial charge < -0.3 is 24.4 Å². The number of unbranched alkanes of at least 4 members (excludes halogenated alkanes) is 7. The van der Waals surface area contributed by atoms with Crippen LogP contribution in [0.3, 0.4) is 0 Å². The first kappa shape index (κ1) is 27.2. The van der Waals surface area contributed by atoms with Crippen LogP contribution in [0.2, 0.25) is 0 Å². The Bertz CT molecular complexity index is 1230. The Kier molecular flexibility index (Phi) is 10.7. The molecule has 0 atom stereocenters. The molecule has 0 amide bonds. The lowest BCUT2D eigenvalue weighted by molar-refractivity contribution is 0.0523. The lowest BCUT2D eigenvalue weighted by Gasteiger charge is -2.07. The predicted octanol–water partition coefficient (Wildman–Crippen LogP) is 6.14. The number of H-pyrrole nitrogens is 3. The van der Waals surface area contributed by atoms with E-state index in [1.165, 1.54) is 38.5 Å². The monoisotopic (exact) mass is 491 g/mol. The number of ether oxygens (including phenoxy) is 2. The quantitative estimate of drug-likeness (QED) is 0.136. The molecule has 3 rings (SSSR count). The third kappa shape index (κ3) is 7.54. The van der Waals surface area contributed by atoms with Crippen molar-refractivity contribution < 1.29 is 14.3 Å². The Hall–Kier alpha value is -3.41. The number of aromatic nitrogens is 3. The molecule has 0 fully saturated rings. The second-order valence-corrected chi connectivity index (χ2v) is 9.03. The molecule has 0 aliphatic heterocycles. The van der Waals surface area contributed by atoms with Crippen LogP contribution in [-0.4, -0.2) is 34.1 Å². The van der Waals surface area contributed by atoms with Gasteiger partial charge in [-0.1, -0.05) is 37.8 Å². The summed E-state index contributed by atoms with van der Waals surface area (Å²) >= 11 is 0. The van der Waals surface area contributed by atoms with Crippen molar-refractivity contribution in [2.24, 2.45) is 0 Å². The van der Waals surface area contributed by atoms with E-state index < -0.39 is 5.97 Å². The number of hydrogen-bond donors (Lipinski definition) is 3. The van der Waals surface area contributed by atoms with Crippen LogP contribution in [0.15, 0.2) is 36.9 Å². The van der Waals surface area contributed by atoms with Crippen LogP contribution in [0.25, 0.3) is 23.5 Å². The molecule has 3 heterocycles. The zero-order chi connectivity index (χ0) is 25.8. The zero-order valence-corrected chi connectivity index (χ0v) is 22.0. The van der Waals surface area contributed by atoms with Crippen LogP contribution in [0.5, 0.6) is 5.75 Å². The van der Waals surface area contributed by atoms with Crippen molar-refractivity contribution in [3.05, 3.63) is 64.6 Å². The highest BCUT2D eigenvalue weighted by atomic mass is 16.5. The normalized spacial score (nSPS) is 12.3. The smallest absolute Gasteiger partial charge is 0.344 e. The molecule has 0 aromatic carbocycles. The minimum absolute atomic E-state index is 0.295. The van der Waals surface area contributed by atoms with E-state index >= 15 is 0 Å². The first-order chi connectivity index (χ1) is 17.6. The molecule has 6 nitrogen and oxygen atoms in total. The number of rotatable bonds is 15. The molecule has 0 bridgehead atoms. The van der Waals surface area contributed by atoms with Gasteiger partial charge in [-0.05, 0) is 76.8 Å². The Morgan fingerprint density at radius 1 is 0.889 bits per heavy atom. The second kappa shape index (κ2) is 14.2. The van der Waals surface area contributed by atoms with Gasteiger partial charge in [0.2, 0.25) is 0 Å². The van der Waals surface area contributed by atoms with Gasteiger partial charge in [0.1, 0.15) is 5.56 Å². The maximum absolute atomic E-state index is 12.9. The third-order valence-corrected chi connectivity index (χ3v) is 6.11. The Morgan fingerprint density at radius 2 is 1.61 bits per heavy atom. The minimum atomic E-state index is -0.402. The summed E-state index contributed by atoms with van der Waals surface area (Å²) in [7, 11) is 0. The molecule has 0 unspecified atom stereocenters. The van der Waals surface area contributed by atoms with E-state index in [1.54, 1.807) is 6.92 Å². The molecule has 0 saturated heterocycles. The topological polar surface area (TPSA) is 82.9 Å². The summed E-state index contributed by atoms with van der Waals surface area (Å²) in [6.45, 7) is 10.2. The average molecular weight is 492 g/mol. The number of aryl methyl sites for hydroxylation is 1. The Balaban J connectivity index is 1.78. The maximum atomic E-state index is 12.9. The fourth-order valence-corrected chi connectivity index (χ4v) is 4.33. The van der Waals surface area contributed by atoms with Gasteiger partial charge in [-0.3, -0.25) is 0 Å². The van der Waals surface area contributed by atoms with Gasteiger partial charge in [-0.15, -0.1) is 6.58 Å². The highest BCUT2D eigenvalue weighted by Crippen LogP contribution is 2.35. The van der Waals surface area contributed by atoms with Crippen molar-refractivity contribution >= 4 is 18.1 Å². The molecule has 0 radical (unpaired) electrons. The fraction of sp³-hybridized carbons (Fsp3) is 0.433. The van der Waals surface area contributed by atoms with Gasteiger partial charge in [0.05, 0.1) is 30.3 Å². The summed E-state index contributed by atoms with van der Waals surface area (Å²) in [4.78, 5) is 23.1. The number of allylic oxidation sites excluding steroid dienone is 1. The summed E-state index contributed by atoms with van der Waals surface area (Å²) in [6.07, 6.45) is 16.1. The first-order valence-corrected chi connectivity index (χ1v) is 13.3. The van der Waals surface area contributed by atoms with E-state index in [4.69, 9.17) is 9.47 Å². The first-order valence-electron chi connectivity index (χ1n) is 13.3. The Labute approximate surface area is 214 Å². The van der Waals surface area contributed by atoms with Crippen LogP contribution in [-0.2, 0) is 4.74 Å². The maximum Gasteiger partial charge on any atom is 0.344 e. The third-order valence-electron chi connectivity index (χ3n) is 6.11. The van der Waals surface area contributed by atoms with Crippen molar-refractivity contribution in [1.29, 1.82) is 0 Å². The molecular weight excluding hydrogens is 450 g/mol. The zero-order valence-electron chi connectivity index (χ0n) is 22.0. The predicted molar refractivity (Wildman–Crippen MR) is 148 cm³/mol. The van der Waals surface area contributed by atoms with Gasteiger partial charge in [0, 0.05) is 16.4 Å². The van der Waals surface area contributed by atoms with Gasteiger partial charge in [0.25, 0.3) is 0 Å². The van der Waals surface area contributed by atoms with E-state index in [-0.39, 0.29) is 0 Å². The van der Waals surface area contributed by atoms with E-state index in [1.807, 2.05) is 44.2 Å². The average Bonchev–Trinajstić information content (AvgIpc) is 3.58. The number of esters is 1. The van der Waals surface area contributed by atoms with Crippen molar-refractivity contribution in [1.82, 2.24) is 15.0 Å². The van der Waals surface area contributed by atoms with Crippen LogP contribution in [0.4, 0.5) is 0 Å². The van der Waals surface area contributed by atoms with Gasteiger partial charge >= 0.3 is 5.97 Å². The van der Waals surface area contributed by atoms with Crippen molar-refractivity contribution in [2.45, 2.75) is 72.1 Å². The summed E-state index contributed by atoms with van der Waals surface area (Å²) in [5.74, 6) is 0.103. The van der Waals surface area contributed by atoms with Gasteiger partial charge in [-0.25, -0.2) is 4.79 Å². The molecule has 36 heavy (non-hydrogen) atoms. The Morgan fingerprint density at radius 3 is 2.28 bits per heavy atom. The largest absolute Gasteiger partial charge is 0.491 e. The van der Waals surface area contributed by atoms with Crippen LogP contribution in [0.1, 0.15) is 87.0 Å². The van der Waals surface area contributed by atoms with Crippen molar-refractivity contribution in [3.8, 4) is 17.1 Å². The summed E-state index contributed by atoms with van der Waals surface area (Å²) in [5.41, 5.74) is 3.63. The van der Waals surface area contributed by atoms with Crippen LogP contribution >= 0.6 is 0 Å². The number of nitrogens with one attached hydrogen (secondary N) is 3. The second-order valence-electron chi connectivity index (χ2n) is 9.03. The van der Waals surface area contributed by atoms with E-state index in [2.05, 4.69) is 33.7 Å². The molecule has 3 aromatic heterocycles. The molecular formula is C30H41N3O3. The summed E-state index contributed by atoms with van der Waals surface area (Å²) in [6, 6.07) is 8.06. The minimum Gasteiger partial charge on any atom is -0.491 e. The summed E-state index contributed by atoms with van der Waals surface area (Å²) in [5, 5.41) is 2.04. The molecule has 0 spiro atoms. The van der Waals surface area contributed by atoms with E-state index in [0.29, 0.717) is 30.2 Å². The number of aromatic amines is 3. The standard InChI is InChI=1S/C30H41N3O3/c1-5-8-9-10-11-12-13-14-15-16-23-18-19-24(32-23)21-26-29(35-6-2)27(30(34)36-7-3)28(33-26)25-20-17-22(4)31-25/h5,16-21,31-33H,1,6-15H2,2-4H3. The lowest BCUT2D eigenvalue weighted by atomic mass is 10.1. The molecule has 194 valence electrons. The number of hydrogen-bond acceptors (Lipinski definition) is 3. The molecule has 0 saturated carbocycles. The molecule has 0 aliphatic carbocycles. The number of carbonyl (C=O) groups is 1. The molecule has 3 N–H and O–H groups in total. The highest BCUT2D eigenvalue weighted by Gasteiger charge is 2.26. The SMILES string of the molecule is C=CCCCCCCCCC=c1ccc(=Cc2[nH]c(-c3ccc(C)[nH]3)c(C(=O)OCC)c2OCC)[nH]1. The van der Waals surface area contributed by atoms with E-state index in [0.717, 1.165) is 40.6 Å². The van der Waals surface area contributed by atoms with Crippen LogP contribution < -0.4 is 15.4 Å². The highest BCUT2D eigenvalue weighted by molar-refractivity contribution is 6.00. The van der Waals surface area contributed by atoms with Crippen LogP contribution in [0, 0.1) is 6.92 Å². The van der Waals surface area contributed by atoms with E-state index in [9.17, 15) is 4.79 Å². The van der Waals surface area contributed by atoms with Gasteiger partial charge in [-0.2, -0.15) is 0 Å². The van der Waals surface area contributed by atoms with Crippen molar-refractivity contribution in [2.75, 3.05) is 13.2 Å². The summed E-state index contributed by atoms with van der Waals surface area (Å²) < 4.78 is 11.3. The fourth-order valence-electron chi connectivity index (χ4n) is 4.33. The molecule has 6 heteroatoms. The molecule has 0 aliphatic rings. The van der Waals surface area contributed by atoms with Gasteiger partial charge in [0.15, 0.2) is 5.75 Å². The van der Waals surface area contributed by atoms with Crippen molar-refractivity contribution in [3.63, 3.8) is 0 Å². The number of carbonyl (C=O) groups excluding carboxylic acids is 1.